The Bertz CT molecular complexity index is 966. The number of amides is 1. The SMILES string of the molecule is CCCCn1cc(NC(=O)[C@H]2C[C@H](c3cn(CC)nc3C)NS(=O)(=O)N2C)cn1. The molecule has 0 bridgehead atoms. The molecule has 11 heteroatoms. The van der Waals surface area contributed by atoms with E-state index in [9.17, 15) is 13.2 Å². The van der Waals surface area contributed by atoms with Gasteiger partial charge in [-0.3, -0.25) is 14.2 Å². The zero-order valence-electron chi connectivity index (χ0n) is 17.3. The Morgan fingerprint density at radius 3 is 2.72 bits per heavy atom. The molecule has 160 valence electrons. The Balaban J connectivity index is 1.78. The maximum absolute atomic E-state index is 12.9. The Morgan fingerprint density at radius 2 is 2.07 bits per heavy atom. The molecule has 1 aliphatic rings. The number of rotatable bonds is 7. The molecule has 2 atom stereocenters. The van der Waals surface area contributed by atoms with Crippen molar-refractivity contribution in [3.63, 3.8) is 0 Å². The number of aromatic nitrogens is 4. The van der Waals surface area contributed by atoms with Crippen molar-refractivity contribution in [1.29, 1.82) is 0 Å². The van der Waals surface area contributed by atoms with Gasteiger partial charge in [0.1, 0.15) is 6.04 Å². The zero-order valence-corrected chi connectivity index (χ0v) is 18.1. The van der Waals surface area contributed by atoms with Crippen molar-refractivity contribution in [2.45, 2.75) is 65.2 Å². The lowest BCUT2D eigenvalue weighted by Gasteiger charge is -2.35. The van der Waals surface area contributed by atoms with E-state index in [1.807, 2.05) is 20.0 Å². The van der Waals surface area contributed by atoms with Crippen molar-refractivity contribution < 1.29 is 13.2 Å². The van der Waals surface area contributed by atoms with E-state index in [1.165, 1.54) is 7.05 Å². The molecule has 0 saturated carbocycles. The van der Waals surface area contributed by atoms with E-state index < -0.39 is 22.3 Å². The molecular formula is C18H29N7O3S. The van der Waals surface area contributed by atoms with Crippen LogP contribution >= 0.6 is 0 Å². The first kappa shape index (κ1) is 21.5. The lowest BCUT2D eigenvalue weighted by Crippen LogP contribution is -2.56. The standard InChI is InChI=1S/C18H29N7O3S/c1-5-7-8-25-11-14(10-19-25)20-18(26)17-9-16(22-29(27,28)23(17)4)15-12-24(6-2)21-13(15)3/h10-12,16-17,22H,5-9H2,1-4H3,(H,20,26)/t16-,17-/m1/s1. The van der Waals surface area contributed by atoms with Gasteiger partial charge in [0.25, 0.3) is 10.2 Å². The summed E-state index contributed by atoms with van der Waals surface area (Å²) >= 11 is 0. The third kappa shape index (κ3) is 4.68. The normalized spacial score (nSPS) is 21.9. The topological polar surface area (TPSA) is 114 Å². The molecule has 1 aliphatic heterocycles. The molecule has 3 rings (SSSR count). The van der Waals surface area contributed by atoms with Crippen LogP contribution in [-0.2, 0) is 28.1 Å². The largest absolute Gasteiger partial charge is 0.322 e. The first-order chi connectivity index (χ1) is 13.7. The summed E-state index contributed by atoms with van der Waals surface area (Å²) in [6.07, 6.45) is 7.53. The molecule has 2 aromatic heterocycles. The molecule has 2 aromatic rings. The summed E-state index contributed by atoms with van der Waals surface area (Å²) in [5, 5.41) is 11.4. The first-order valence-electron chi connectivity index (χ1n) is 9.87. The van der Waals surface area contributed by atoms with Gasteiger partial charge in [-0.15, -0.1) is 0 Å². The van der Waals surface area contributed by atoms with Crippen LogP contribution < -0.4 is 10.0 Å². The lowest BCUT2D eigenvalue weighted by atomic mass is 10.00. The number of hydrogen-bond donors (Lipinski definition) is 2. The molecule has 0 radical (unpaired) electrons. The summed E-state index contributed by atoms with van der Waals surface area (Å²) in [6.45, 7) is 7.37. The average molecular weight is 424 g/mol. The number of carbonyl (C=O) groups is 1. The van der Waals surface area contributed by atoms with E-state index in [1.54, 1.807) is 21.8 Å². The smallest absolute Gasteiger partial charge is 0.280 e. The lowest BCUT2D eigenvalue weighted by molar-refractivity contribution is -0.120. The Morgan fingerprint density at radius 1 is 1.31 bits per heavy atom. The second-order valence-corrected chi connectivity index (χ2v) is 9.07. The summed E-state index contributed by atoms with van der Waals surface area (Å²) in [5.74, 6) is -0.377. The van der Waals surface area contributed by atoms with E-state index in [0.29, 0.717) is 18.7 Å². The molecule has 0 spiro atoms. The number of likely N-dealkylation sites (N-methyl/N-ethyl adjacent to an activating group) is 1. The van der Waals surface area contributed by atoms with Gasteiger partial charge in [0.2, 0.25) is 5.91 Å². The molecule has 1 fully saturated rings. The highest BCUT2D eigenvalue weighted by Crippen LogP contribution is 2.30. The van der Waals surface area contributed by atoms with Crippen molar-refractivity contribution in [3.8, 4) is 0 Å². The van der Waals surface area contributed by atoms with Gasteiger partial charge in [-0.25, -0.2) is 0 Å². The maximum atomic E-state index is 12.9. The van der Waals surface area contributed by atoms with Crippen LogP contribution in [0.25, 0.3) is 0 Å². The van der Waals surface area contributed by atoms with Crippen molar-refractivity contribution in [1.82, 2.24) is 28.6 Å². The fraction of sp³-hybridized carbons (Fsp3) is 0.611. The van der Waals surface area contributed by atoms with Crippen LogP contribution in [0.15, 0.2) is 18.6 Å². The highest BCUT2D eigenvalue weighted by atomic mass is 32.2. The minimum absolute atomic E-state index is 0.307. The van der Waals surface area contributed by atoms with E-state index in [0.717, 1.165) is 34.9 Å². The molecule has 1 amide bonds. The Kier molecular flexibility index (Phi) is 6.39. The second kappa shape index (κ2) is 8.64. The molecule has 0 aromatic carbocycles. The molecule has 2 N–H and O–H groups in total. The number of nitrogens with one attached hydrogen (secondary N) is 2. The summed E-state index contributed by atoms with van der Waals surface area (Å²) in [4.78, 5) is 12.9. The Labute approximate surface area is 171 Å². The van der Waals surface area contributed by atoms with Crippen LogP contribution in [0.5, 0.6) is 0 Å². The predicted octanol–water partition coefficient (Wildman–Crippen LogP) is 1.43. The molecule has 1 saturated heterocycles. The highest BCUT2D eigenvalue weighted by molar-refractivity contribution is 7.87. The number of hydrogen-bond acceptors (Lipinski definition) is 5. The van der Waals surface area contributed by atoms with E-state index in [2.05, 4.69) is 27.2 Å². The Hall–Kier alpha value is -2.24. The molecule has 0 unspecified atom stereocenters. The van der Waals surface area contributed by atoms with Crippen LogP contribution in [0.3, 0.4) is 0 Å². The summed E-state index contributed by atoms with van der Waals surface area (Å²) in [7, 11) is -2.39. The molecular weight excluding hydrogens is 394 g/mol. The monoisotopic (exact) mass is 423 g/mol. The average Bonchev–Trinajstić information content (AvgIpc) is 3.28. The van der Waals surface area contributed by atoms with Gasteiger partial charge in [-0.1, -0.05) is 13.3 Å². The number of carbonyl (C=O) groups excluding carboxylic acids is 1. The number of unbranched alkanes of at least 4 members (excludes halogenated alkanes) is 1. The van der Waals surface area contributed by atoms with Gasteiger partial charge < -0.3 is 5.32 Å². The maximum Gasteiger partial charge on any atom is 0.280 e. The molecule has 29 heavy (non-hydrogen) atoms. The van der Waals surface area contributed by atoms with Crippen molar-refractivity contribution >= 4 is 21.8 Å². The fourth-order valence-electron chi connectivity index (χ4n) is 3.45. The van der Waals surface area contributed by atoms with Gasteiger partial charge in [0, 0.05) is 38.1 Å². The number of aryl methyl sites for hydroxylation is 3. The van der Waals surface area contributed by atoms with Crippen molar-refractivity contribution in [2.75, 3.05) is 12.4 Å². The molecule has 0 aliphatic carbocycles. The van der Waals surface area contributed by atoms with Crippen LogP contribution in [0.1, 0.15) is 50.4 Å². The summed E-state index contributed by atoms with van der Waals surface area (Å²) < 4.78 is 32.5. The predicted molar refractivity (Wildman–Crippen MR) is 109 cm³/mol. The third-order valence-corrected chi connectivity index (χ3v) is 6.79. The second-order valence-electron chi connectivity index (χ2n) is 7.30. The van der Waals surface area contributed by atoms with E-state index in [4.69, 9.17) is 0 Å². The molecule has 10 nitrogen and oxygen atoms in total. The third-order valence-electron chi connectivity index (χ3n) is 5.20. The van der Waals surface area contributed by atoms with E-state index >= 15 is 0 Å². The van der Waals surface area contributed by atoms with Gasteiger partial charge in [-0.05, 0) is 26.7 Å². The quantitative estimate of drug-likeness (QED) is 0.699. The van der Waals surface area contributed by atoms with E-state index in [-0.39, 0.29) is 5.91 Å². The summed E-state index contributed by atoms with van der Waals surface area (Å²) in [6, 6.07) is -1.35. The van der Waals surface area contributed by atoms with Crippen LogP contribution in [0.4, 0.5) is 5.69 Å². The summed E-state index contributed by atoms with van der Waals surface area (Å²) in [5.41, 5.74) is 2.09. The highest BCUT2D eigenvalue weighted by Gasteiger charge is 2.41. The number of nitrogens with zero attached hydrogens (tertiary/aromatic N) is 5. The van der Waals surface area contributed by atoms with Crippen LogP contribution in [-0.4, -0.2) is 51.3 Å². The van der Waals surface area contributed by atoms with Crippen molar-refractivity contribution in [3.05, 3.63) is 29.8 Å². The van der Waals surface area contributed by atoms with Gasteiger partial charge >= 0.3 is 0 Å². The van der Waals surface area contributed by atoms with Gasteiger partial charge in [0.05, 0.1) is 23.6 Å². The van der Waals surface area contributed by atoms with Crippen LogP contribution in [0, 0.1) is 6.92 Å². The minimum atomic E-state index is -3.80. The van der Waals surface area contributed by atoms with Crippen molar-refractivity contribution in [2.24, 2.45) is 0 Å². The minimum Gasteiger partial charge on any atom is -0.322 e. The number of anilines is 1. The van der Waals surface area contributed by atoms with Crippen LogP contribution in [0.2, 0.25) is 0 Å². The fourth-order valence-corrected chi connectivity index (χ4v) is 4.71. The zero-order chi connectivity index (χ0) is 21.2. The first-order valence-corrected chi connectivity index (χ1v) is 11.3. The molecule has 3 heterocycles. The van der Waals surface area contributed by atoms with Gasteiger partial charge in [-0.2, -0.15) is 27.6 Å². The van der Waals surface area contributed by atoms with Gasteiger partial charge in [0.15, 0.2) is 0 Å².